The number of rotatable bonds is 17. The van der Waals surface area contributed by atoms with Gasteiger partial charge in [-0.25, -0.2) is 0 Å². The SMILES string of the molecule is CC(C)C[C@@H](NC(=O)[C@@H](CC(C)C)NC(=O)[C@@H](Cc1ccccc1)NC(=O)[C@@H](Cc1ccccc1)NC(=O)[C@@H](C)N)C(N)=O. The monoisotopic (exact) mass is 608 g/mol. The average molecular weight is 609 g/mol. The van der Waals surface area contributed by atoms with Crippen LogP contribution in [0.5, 0.6) is 0 Å². The van der Waals surface area contributed by atoms with Crippen LogP contribution >= 0.6 is 0 Å². The highest BCUT2D eigenvalue weighted by Crippen LogP contribution is 2.11. The van der Waals surface area contributed by atoms with Gasteiger partial charge in [0.15, 0.2) is 0 Å². The van der Waals surface area contributed by atoms with Crippen LogP contribution in [0.4, 0.5) is 0 Å². The maximum atomic E-state index is 13.8. The van der Waals surface area contributed by atoms with E-state index >= 15 is 0 Å². The lowest BCUT2D eigenvalue weighted by Gasteiger charge is -2.27. The molecule has 0 unspecified atom stereocenters. The van der Waals surface area contributed by atoms with Gasteiger partial charge in [-0.15, -0.1) is 0 Å². The predicted octanol–water partition coefficient (Wildman–Crippen LogP) is 1.34. The van der Waals surface area contributed by atoms with Gasteiger partial charge in [0.25, 0.3) is 0 Å². The highest BCUT2D eigenvalue weighted by molar-refractivity contribution is 5.96. The number of carbonyl (C=O) groups excluding carboxylic acids is 5. The Bertz CT molecular complexity index is 1240. The Hall–Kier alpha value is -4.25. The van der Waals surface area contributed by atoms with Crippen LogP contribution in [0.1, 0.15) is 58.6 Å². The van der Waals surface area contributed by atoms with Gasteiger partial charge in [0.2, 0.25) is 29.5 Å². The molecule has 2 aromatic carbocycles. The number of primary amides is 1. The first-order chi connectivity index (χ1) is 20.8. The number of nitrogens with one attached hydrogen (secondary N) is 4. The molecule has 11 nitrogen and oxygen atoms in total. The molecule has 8 N–H and O–H groups in total. The van der Waals surface area contributed by atoms with Crippen LogP contribution in [0.2, 0.25) is 0 Å². The van der Waals surface area contributed by atoms with Gasteiger partial charge in [0.1, 0.15) is 24.2 Å². The number of amides is 5. The number of carbonyl (C=O) groups is 5. The first kappa shape index (κ1) is 35.9. The minimum Gasteiger partial charge on any atom is -0.368 e. The third-order valence-corrected chi connectivity index (χ3v) is 6.95. The van der Waals surface area contributed by atoms with Crippen LogP contribution in [0.15, 0.2) is 60.7 Å². The minimum absolute atomic E-state index is 0.0223. The maximum Gasteiger partial charge on any atom is 0.243 e. The summed E-state index contributed by atoms with van der Waals surface area (Å²) in [6.07, 6.45) is 0.947. The Labute approximate surface area is 260 Å². The lowest BCUT2D eigenvalue weighted by Crippen LogP contribution is -2.59. The summed E-state index contributed by atoms with van der Waals surface area (Å²) in [7, 11) is 0. The van der Waals surface area contributed by atoms with Crippen molar-refractivity contribution in [3.63, 3.8) is 0 Å². The Kier molecular flexibility index (Phi) is 14.5. The Morgan fingerprint density at radius 1 is 0.545 bits per heavy atom. The molecule has 0 radical (unpaired) electrons. The molecule has 0 bridgehead atoms. The molecule has 0 fully saturated rings. The summed E-state index contributed by atoms with van der Waals surface area (Å²) < 4.78 is 0. The molecule has 0 aliphatic rings. The van der Waals surface area contributed by atoms with Crippen LogP contribution in [-0.4, -0.2) is 59.7 Å². The molecule has 0 aromatic heterocycles. The number of hydrogen-bond donors (Lipinski definition) is 6. The molecule has 5 amide bonds. The van der Waals surface area contributed by atoms with Gasteiger partial charge >= 0.3 is 0 Å². The summed E-state index contributed by atoms with van der Waals surface area (Å²) >= 11 is 0. The summed E-state index contributed by atoms with van der Waals surface area (Å²) in [5.41, 5.74) is 12.9. The van der Waals surface area contributed by atoms with E-state index in [1.807, 2.05) is 88.4 Å². The van der Waals surface area contributed by atoms with Crippen LogP contribution < -0.4 is 32.7 Å². The normalized spacial score (nSPS) is 14.5. The van der Waals surface area contributed by atoms with E-state index in [1.165, 1.54) is 6.92 Å². The van der Waals surface area contributed by atoms with Gasteiger partial charge in [0.05, 0.1) is 6.04 Å². The molecule has 0 aliphatic carbocycles. The third-order valence-electron chi connectivity index (χ3n) is 6.95. The summed E-state index contributed by atoms with van der Waals surface area (Å²) in [5.74, 6) is -2.74. The van der Waals surface area contributed by atoms with E-state index in [0.29, 0.717) is 6.42 Å². The van der Waals surface area contributed by atoms with E-state index in [0.717, 1.165) is 11.1 Å². The lowest BCUT2D eigenvalue weighted by atomic mass is 9.99. The number of hydrogen-bond acceptors (Lipinski definition) is 6. The first-order valence-corrected chi connectivity index (χ1v) is 15.1. The van der Waals surface area contributed by atoms with E-state index in [2.05, 4.69) is 21.3 Å². The molecule has 0 heterocycles. The van der Waals surface area contributed by atoms with E-state index in [4.69, 9.17) is 11.5 Å². The second-order valence-electron chi connectivity index (χ2n) is 12.1. The van der Waals surface area contributed by atoms with Gasteiger partial charge in [-0.2, -0.15) is 0 Å². The van der Waals surface area contributed by atoms with Crippen molar-refractivity contribution in [1.82, 2.24) is 21.3 Å². The van der Waals surface area contributed by atoms with Gasteiger partial charge in [-0.3, -0.25) is 24.0 Å². The third kappa shape index (κ3) is 12.5. The molecule has 44 heavy (non-hydrogen) atoms. The van der Waals surface area contributed by atoms with Crippen LogP contribution in [0, 0.1) is 11.8 Å². The zero-order valence-corrected chi connectivity index (χ0v) is 26.3. The fourth-order valence-corrected chi connectivity index (χ4v) is 4.66. The lowest BCUT2D eigenvalue weighted by molar-refractivity contribution is -0.134. The molecule has 240 valence electrons. The van der Waals surface area contributed by atoms with Crippen molar-refractivity contribution in [2.24, 2.45) is 23.3 Å². The molecule has 0 saturated carbocycles. The Morgan fingerprint density at radius 2 is 0.886 bits per heavy atom. The fraction of sp³-hybridized carbons (Fsp3) is 0.485. The van der Waals surface area contributed by atoms with E-state index in [-0.39, 0.29) is 31.1 Å². The van der Waals surface area contributed by atoms with E-state index < -0.39 is 59.7 Å². The molecular weight excluding hydrogens is 560 g/mol. The van der Waals surface area contributed by atoms with Crippen molar-refractivity contribution in [2.45, 2.75) is 90.5 Å². The van der Waals surface area contributed by atoms with Gasteiger partial charge in [-0.1, -0.05) is 88.4 Å². The van der Waals surface area contributed by atoms with Crippen LogP contribution in [-0.2, 0) is 36.8 Å². The zero-order chi connectivity index (χ0) is 32.8. The van der Waals surface area contributed by atoms with Crippen molar-refractivity contribution in [3.05, 3.63) is 71.8 Å². The van der Waals surface area contributed by atoms with Crippen LogP contribution in [0.3, 0.4) is 0 Å². The standard InChI is InChI=1S/C33H48N6O5/c1-20(2)16-25(29(35)40)36-31(42)26(17-21(3)4)38-33(44)28(19-24-14-10-7-11-15-24)39-32(43)27(37-30(41)22(5)34)18-23-12-8-6-9-13-23/h6-15,20-22,25-28H,16-19,34H2,1-5H3,(H2,35,40)(H,36,42)(H,37,41)(H,38,44)(H,39,43)/t22-,25-,26-,27-,28-/m1/s1. The average Bonchev–Trinajstić information content (AvgIpc) is 2.96. The minimum atomic E-state index is -1.08. The summed E-state index contributed by atoms with van der Waals surface area (Å²) in [6, 6.07) is 13.5. The quantitative estimate of drug-likeness (QED) is 0.157. The molecule has 2 aromatic rings. The van der Waals surface area contributed by atoms with Crippen molar-refractivity contribution < 1.29 is 24.0 Å². The summed E-state index contributed by atoms with van der Waals surface area (Å²) in [5, 5.41) is 11.0. The Balaban J connectivity index is 2.34. The largest absolute Gasteiger partial charge is 0.368 e. The number of nitrogens with two attached hydrogens (primary N) is 2. The second-order valence-corrected chi connectivity index (χ2v) is 12.1. The second kappa shape index (κ2) is 17.8. The fourth-order valence-electron chi connectivity index (χ4n) is 4.66. The van der Waals surface area contributed by atoms with Crippen molar-refractivity contribution in [1.29, 1.82) is 0 Å². The van der Waals surface area contributed by atoms with Gasteiger partial charge in [-0.05, 0) is 42.7 Å². The highest BCUT2D eigenvalue weighted by atomic mass is 16.2. The number of benzene rings is 2. The molecule has 2 rings (SSSR count). The molecular formula is C33H48N6O5. The highest BCUT2D eigenvalue weighted by Gasteiger charge is 2.32. The predicted molar refractivity (Wildman–Crippen MR) is 170 cm³/mol. The summed E-state index contributed by atoms with van der Waals surface area (Å²) in [4.78, 5) is 65.3. The zero-order valence-electron chi connectivity index (χ0n) is 26.3. The van der Waals surface area contributed by atoms with Gasteiger partial charge < -0.3 is 32.7 Å². The molecule has 0 aliphatic heterocycles. The molecule has 5 atom stereocenters. The molecule has 0 spiro atoms. The molecule has 0 saturated heterocycles. The Morgan fingerprint density at radius 3 is 1.27 bits per heavy atom. The topological polar surface area (TPSA) is 186 Å². The van der Waals surface area contributed by atoms with Crippen molar-refractivity contribution in [2.75, 3.05) is 0 Å². The van der Waals surface area contributed by atoms with Crippen LogP contribution in [0.25, 0.3) is 0 Å². The first-order valence-electron chi connectivity index (χ1n) is 15.1. The van der Waals surface area contributed by atoms with E-state index in [9.17, 15) is 24.0 Å². The van der Waals surface area contributed by atoms with Gasteiger partial charge in [0, 0.05) is 12.8 Å². The smallest absolute Gasteiger partial charge is 0.243 e. The maximum absolute atomic E-state index is 13.8. The van der Waals surface area contributed by atoms with Crippen molar-refractivity contribution in [3.8, 4) is 0 Å². The van der Waals surface area contributed by atoms with E-state index in [1.54, 1.807) is 0 Å². The van der Waals surface area contributed by atoms with Crippen molar-refractivity contribution >= 4 is 29.5 Å². The summed E-state index contributed by atoms with van der Waals surface area (Å²) in [6.45, 7) is 9.15. The molecule has 11 heteroatoms.